The summed E-state index contributed by atoms with van der Waals surface area (Å²) in [6.07, 6.45) is 0. The molecular weight excluding hydrogens is 1260 g/mol. The highest BCUT2D eigenvalue weighted by Crippen LogP contribution is 2.45. The van der Waals surface area contributed by atoms with Crippen LogP contribution in [0.3, 0.4) is 0 Å². The lowest BCUT2D eigenvalue weighted by Crippen LogP contribution is -1.86. The normalized spacial score (nSPS) is 10.5. The van der Waals surface area contributed by atoms with Gasteiger partial charge in [0.25, 0.3) is 0 Å². The van der Waals surface area contributed by atoms with Crippen LogP contribution in [0.15, 0.2) is 102 Å². The molecule has 0 aliphatic heterocycles. The molecule has 2 N–H and O–H groups in total. The fourth-order valence-corrected chi connectivity index (χ4v) is 8.94. The molecule has 4 rings (SSSR count). The molecule has 196 valence electrons. The smallest absolute Gasteiger partial charge is 0.0465 e. The Labute approximate surface area is 315 Å². The van der Waals surface area contributed by atoms with E-state index in [0.717, 1.165) is 75.9 Å². The Kier molecular flexibility index (Phi) is 15.4. The molecule has 0 fully saturated rings. The van der Waals surface area contributed by atoms with Crippen LogP contribution in [0.1, 0.15) is 0 Å². The van der Waals surface area contributed by atoms with Gasteiger partial charge in [-0.2, -0.15) is 0 Å². The van der Waals surface area contributed by atoms with Gasteiger partial charge in [-0.15, -0.1) is 0 Å². The van der Waals surface area contributed by atoms with Crippen LogP contribution in [0.25, 0.3) is 22.3 Å². The van der Waals surface area contributed by atoms with E-state index in [1.165, 1.54) is 0 Å². The van der Waals surface area contributed by atoms with Gasteiger partial charge in [0, 0.05) is 53.7 Å². The third-order valence-electron chi connectivity index (χ3n) is 4.72. The van der Waals surface area contributed by atoms with Crippen molar-refractivity contribution in [1.29, 1.82) is 0 Å². The third-order valence-corrected chi connectivity index (χ3v) is 18.2. The van der Waals surface area contributed by atoms with E-state index >= 15 is 0 Å². The van der Waals surface area contributed by atoms with E-state index in [4.69, 9.17) is 0 Å². The lowest BCUT2D eigenvalue weighted by molar-refractivity contribution is 0.824. The van der Waals surface area contributed by atoms with Crippen molar-refractivity contribution in [2.75, 3.05) is 0 Å². The van der Waals surface area contributed by atoms with Crippen LogP contribution in [0, 0.1) is 0 Å². The Morgan fingerprint density at radius 3 is 0.568 bits per heavy atom. The first kappa shape index (κ1) is 35.8. The maximum Gasteiger partial charge on any atom is 0.0465 e. The molecule has 13 heteroatoms. The summed E-state index contributed by atoms with van der Waals surface area (Å²) in [6.45, 7) is 0. The zero-order valence-corrected chi connectivity index (χ0v) is 36.7. The third kappa shape index (κ3) is 8.37. The van der Waals surface area contributed by atoms with Crippen molar-refractivity contribution in [1.82, 2.24) is 0 Å². The highest BCUT2D eigenvalue weighted by atomic mass is 79.9. The first-order chi connectivity index (χ1) is 16.9. The van der Waals surface area contributed by atoms with E-state index in [9.17, 15) is 0 Å². The number of hydrogen-bond donors (Lipinski definition) is 0. The Bertz CT molecular complexity index is 1250. The Morgan fingerprint density at radius 1 is 0.243 bits per heavy atom. The standard InChI is InChI=1S/2C12H4Br6.H2O/c2*13-7-3-1-5(9(15)11(7)17)6-2-4-8(14)12(18)10(6)16;/h2*1-4H;1H2. The van der Waals surface area contributed by atoms with Gasteiger partial charge in [-0.25, -0.2) is 0 Å². The lowest BCUT2D eigenvalue weighted by Gasteiger charge is -2.12. The molecular formula is C24H10Br12O. The molecule has 0 spiro atoms. The molecule has 1 nitrogen and oxygen atoms in total. The fourth-order valence-electron chi connectivity index (χ4n) is 2.94. The highest BCUT2D eigenvalue weighted by molar-refractivity contribution is 9.15. The molecule has 0 unspecified atom stereocenters. The highest BCUT2D eigenvalue weighted by Gasteiger charge is 2.16. The molecule has 0 aromatic heterocycles. The van der Waals surface area contributed by atoms with Gasteiger partial charge in [0.05, 0.1) is 0 Å². The van der Waals surface area contributed by atoms with Gasteiger partial charge >= 0.3 is 0 Å². The van der Waals surface area contributed by atoms with Gasteiger partial charge in [-0.05, 0) is 238 Å². The van der Waals surface area contributed by atoms with Gasteiger partial charge in [0.15, 0.2) is 0 Å². The van der Waals surface area contributed by atoms with Crippen LogP contribution in [0.2, 0.25) is 0 Å². The van der Waals surface area contributed by atoms with Crippen LogP contribution in [0.5, 0.6) is 0 Å². The first-order valence-electron chi connectivity index (χ1n) is 9.41. The molecule has 4 aromatic rings. The summed E-state index contributed by atoms with van der Waals surface area (Å²) in [5, 5.41) is 0. The van der Waals surface area contributed by atoms with Crippen molar-refractivity contribution < 1.29 is 5.48 Å². The van der Waals surface area contributed by atoms with Crippen molar-refractivity contribution in [3.63, 3.8) is 0 Å². The predicted molar refractivity (Wildman–Crippen MR) is 200 cm³/mol. The first-order valence-corrected chi connectivity index (χ1v) is 18.9. The zero-order chi connectivity index (χ0) is 26.9. The van der Waals surface area contributed by atoms with E-state index < -0.39 is 0 Å². The molecule has 37 heavy (non-hydrogen) atoms. The number of rotatable bonds is 2. The zero-order valence-electron chi connectivity index (χ0n) is 17.7. The summed E-state index contributed by atoms with van der Waals surface area (Å²) in [5.74, 6) is 0. The van der Waals surface area contributed by atoms with Gasteiger partial charge in [0.2, 0.25) is 0 Å². The van der Waals surface area contributed by atoms with Crippen molar-refractivity contribution >= 4 is 191 Å². The van der Waals surface area contributed by atoms with Gasteiger partial charge < -0.3 is 5.48 Å². The van der Waals surface area contributed by atoms with Crippen molar-refractivity contribution in [3.05, 3.63) is 102 Å². The molecule has 0 radical (unpaired) electrons. The van der Waals surface area contributed by atoms with Gasteiger partial charge in [0.1, 0.15) is 0 Å². The predicted octanol–water partition coefficient (Wildman–Crippen LogP) is 15.0. The van der Waals surface area contributed by atoms with E-state index in [2.05, 4.69) is 215 Å². The maximum atomic E-state index is 3.62. The fraction of sp³-hybridized carbons (Fsp3) is 0. The average Bonchev–Trinajstić information content (AvgIpc) is 2.85. The Balaban J connectivity index is 0.000000253. The van der Waals surface area contributed by atoms with Gasteiger partial charge in [-0.1, -0.05) is 24.3 Å². The average molecular weight is 1270 g/mol. The molecule has 0 saturated heterocycles. The molecule has 4 aromatic carbocycles. The number of halogens is 12. The molecule has 0 aliphatic rings. The molecule has 0 amide bonds. The summed E-state index contributed by atoms with van der Waals surface area (Å²) >= 11 is 42.7. The minimum absolute atomic E-state index is 0. The summed E-state index contributed by atoms with van der Waals surface area (Å²) in [6, 6.07) is 16.4. The van der Waals surface area contributed by atoms with Gasteiger partial charge in [-0.3, -0.25) is 0 Å². The van der Waals surface area contributed by atoms with Crippen LogP contribution in [-0.2, 0) is 0 Å². The maximum absolute atomic E-state index is 3.62. The lowest BCUT2D eigenvalue weighted by atomic mass is 10.1. The van der Waals surface area contributed by atoms with E-state index in [1.807, 2.05) is 24.3 Å². The summed E-state index contributed by atoms with van der Waals surface area (Å²) in [7, 11) is 0. The van der Waals surface area contributed by atoms with Crippen LogP contribution in [-0.4, -0.2) is 5.48 Å². The minimum Gasteiger partial charge on any atom is -0.412 e. The van der Waals surface area contributed by atoms with E-state index in [1.54, 1.807) is 0 Å². The van der Waals surface area contributed by atoms with Crippen LogP contribution >= 0.6 is 191 Å². The second kappa shape index (κ2) is 15.9. The second-order valence-electron chi connectivity index (χ2n) is 6.89. The molecule has 0 aliphatic carbocycles. The quantitative estimate of drug-likeness (QED) is 0.179. The molecule has 0 bridgehead atoms. The van der Waals surface area contributed by atoms with E-state index in [-0.39, 0.29) is 5.48 Å². The van der Waals surface area contributed by atoms with Crippen molar-refractivity contribution in [3.8, 4) is 22.3 Å². The molecule has 0 saturated carbocycles. The van der Waals surface area contributed by atoms with Crippen molar-refractivity contribution in [2.24, 2.45) is 0 Å². The van der Waals surface area contributed by atoms with Crippen LogP contribution in [0.4, 0.5) is 0 Å². The summed E-state index contributed by atoms with van der Waals surface area (Å²) < 4.78 is 12.2. The number of hydrogen-bond acceptors (Lipinski definition) is 0. The number of benzene rings is 4. The Hall–Kier alpha value is 2.60. The molecule has 0 heterocycles. The van der Waals surface area contributed by atoms with Crippen LogP contribution < -0.4 is 0 Å². The monoisotopic (exact) mass is 1260 g/mol. The SMILES string of the molecule is Brc1ccc(-c2ccc(Br)c(Br)c2Br)c(Br)c1Br.Brc1ccc(-c2ccc(Br)c(Br)c2Br)c(Br)c1Br.O. The topological polar surface area (TPSA) is 31.5 Å². The Morgan fingerprint density at radius 2 is 0.405 bits per heavy atom. The second-order valence-corrected chi connectivity index (χ2v) is 16.7. The minimum atomic E-state index is 0. The largest absolute Gasteiger partial charge is 0.412 e. The summed E-state index contributed by atoms with van der Waals surface area (Å²) in [5.41, 5.74) is 4.46. The van der Waals surface area contributed by atoms with Crippen molar-refractivity contribution in [2.45, 2.75) is 0 Å². The van der Waals surface area contributed by atoms with E-state index in [0.29, 0.717) is 0 Å². The summed E-state index contributed by atoms with van der Waals surface area (Å²) in [4.78, 5) is 0. The molecule has 0 atom stereocenters.